The molecule has 1 spiro atoms. The van der Waals surface area contributed by atoms with Crippen LogP contribution < -0.4 is 16.4 Å². The number of aliphatic imine (C=N–C) groups is 2. The van der Waals surface area contributed by atoms with Crippen LogP contribution in [0.1, 0.15) is 43.2 Å². The first-order chi connectivity index (χ1) is 12.4. The zero-order valence-corrected chi connectivity index (χ0v) is 13.8. The summed E-state index contributed by atoms with van der Waals surface area (Å²) in [5.41, 5.74) is 10.7. The lowest BCUT2D eigenvalue weighted by Crippen LogP contribution is -2.58. The number of nitrogens with zero attached hydrogens (tertiary/aromatic N) is 6. The minimum Gasteiger partial charge on any atom is -0.369 e. The summed E-state index contributed by atoms with van der Waals surface area (Å²) in [5, 5.41) is 30.1. The van der Waals surface area contributed by atoms with Gasteiger partial charge in [-0.05, 0) is 31.7 Å². The quantitative estimate of drug-likeness (QED) is 0.598. The maximum atomic E-state index is 11.6. The molecule has 0 amide bonds. The summed E-state index contributed by atoms with van der Waals surface area (Å²) in [6, 6.07) is 6.08. The number of anilines is 1. The average Bonchev–Trinajstić information content (AvgIpc) is 2.60. The van der Waals surface area contributed by atoms with Gasteiger partial charge in [0.1, 0.15) is 23.5 Å². The summed E-state index contributed by atoms with van der Waals surface area (Å²) >= 11 is 0. The van der Waals surface area contributed by atoms with Crippen molar-refractivity contribution in [3.05, 3.63) is 33.4 Å². The molecule has 0 unspecified atom stereocenters. The van der Waals surface area contributed by atoms with Crippen molar-refractivity contribution in [2.75, 3.05) is 4.90 Å². The van der Waals surface area contributed by atoms with Crippen molar-refractivity contribution in [3.63, 3.8) is 0 Å². The van der Waals surface area contributed by atoms with Crippen LogP contribution in [0.4, 0.5) is 11.4 Å². The van der Waals surface area contributed by atoms with Crippen LogP contribution >= 0.6 is 0 Å². The highest BCUT2D eigenvalue weighted by molar-refractivity contribution is 6.07. The van der Waals surface area contributed by atoms with E-state index >= 15 is 0 Å². The van der Waals surface area contributed by atoms with E-state index in [-0.39, 0.29) is 34.4 Å². The summed E-state index contributed by atoms with van der Waals surface area (Å²) in [7, 11) is 0. The van der Waals surface area contributed by atoms with E-state index in [4.69, 9.17) is 16.7 Å². The van der Waals surface area contributed by atoms with E-state index in [1.165, 1.54) is 11.0 Å². The number of benzene rings is 1. The first kappa shape index (κ1) is 17.2. The standard InChI is InChI=1S/C16H16N8O2/c17-8-10-6-12(13(24(25)26)7-11(10)9-18)23-15(20)21-14(19)22-16(23)4-2-1-3-5-16/h6-7H,1-5H2,(H4,19,20,21,22). The van der Waals surface area contributed by atoms with E-state index in [0.717, 1.165) is 25.3 Å². The van der Waals surface area contributed by atoms with Crippen molar-refractivity contribution >= 4 is 23.3 Å². The Kier molecular flexibility index (Phi) is 4.18. The van der Waals surface area contributed by atoms with Crippen molar-refractivity contribution in [2.24, 2.45) is 21.5 Å². The van der Waals surface area contributed by atoms with E-state index in [9.17, 15) is 15.4 Å². The minimum absolute atomic E-state index is 0.0175. The molecule has 0 saturated heterocycles. The smallest absolute Gasteiger partial charge is 0.294 e. The third kappa shape index (κ3) is 2.67. The fourth-order valence-electron chi connectivity index (χ4n) is 3.56. The lowest BCUT2D eigenvalue weighted by Gasteiger charge is -2.45. The molecule has 3 rings (SSSR count). The van der Waals surface area contributed by atoms with Gasteiger partial charge in [0.25, 0.3) is 5.69 Å². The molecule has 0 atom stereocenters. The van der Waals surface area contributed by atoms with Crippen LogP contribution in [0.2, 0.25) is 0 Å². The van der Waals surface area contributed by atoms with Crippen LogP contribution in [0.25, 0.3) is 0 Å². The predicted octanol–water partition coefficient (Wildman–Crippen LogP) is 1.45. The number of hydrogen-bond acceptors (Lipinski definition) is 9. The second kappa shape index (κ2) is 6.33. The van der Waals surface area contributed by atoms with Crippen LogP contribution in [-0.2, 0) is 0 Å². The number of nitro benzene ring substituents is 1. The van der Waals surface area contributed by atoms with Gasteiger partial charge in [0.15, 0.2) is 0 Å². The Hall–Kier alpha value is -3.66. The third-order valence-corrected chi connectivity index (χ3v) is 4.64. The van der Waals surface area contributed by atoms with Gasteiger partial charge in [-0.25, -0.2) is 4.99 Å². The van der Waals surface area contributed by atoms with E-state index in [2.05, 4.69) is 9.98 Å². The van der Waals surface area contributed by atoms with Gasteiger partial charge in [0, 0.05) is 6.07 Å². The summed E-state index contributed by atoms with van der Waals surface area (Å²) in [6.45, 7) is 0. The number of hydrogen-bond donors (Lipinski definition) is 2. The first-order valence-electron chi connectivity index (χ1n) is 8.04. The topological polar surface area (TPSA) is 171 Å². The molecule has 10 heteroatoms. The highest BCUT2D eigenvalue weighted by Crippen LogP contribution is 2.43. The minimum atomic E-state index is -0.875. The van der Waals surface area contributed by atoms with Crippen molar-refractivity contribution in [1.82, 2.24) is 0 Å². The van der Waals surface area contributed by atoms with Gasteiger partial charge in [-0.15, -0.1) is 0 Å². The van der Waals surface area contributed by atoms with Crippen molar-refractivity contribution < 1.29 is 4.92 Å². The van der Waals surface area contributed by atoms with Crippen LogP contribution in [0.5, 0.6) is 0 Å². The van der Waals surface area contributed by atoms with E-state index in [1.54, 1.807) is 6.07 Å². The molecule has 132 valence electrons. The highest BCUT2D eigenvalue weighted by Gasteiger charge is 2.45. The highest BCUT2D eigenvalue weighted by atomic mass is 16.6. The van der Waals surface area contributed by atoms with Gasteiger partial charge < -0.3 is 11.5 Å². The van der Waals surface area contributed by atoms with Gasteiger partial charge in [0.05, 0.1) is 16.1 Å². The van der Waals surface area contributed by atoms with Gasteiger partial charge in [-0.3, -0.25) is 15.0 Å². The van der Waals surface area contributed by atoms with E-state index in [0.29, 0.717) is 12.8 Å². The molecule has 4 N–H and O–H groups in total. The fraction of sp³-hybridized carbons (Fsp3) is 0.375. The van der Waals surface area contributed by atoms with E-state index in [1.807, 2.05) is 6.07 Å². The number of nitrogens with two attached hydrogens (primary N) is 2. The first-order valence-corrected chi connectivity index (χ1v) is 8.04. The van der Waals surface area contributed by atoms with Gasteiger partial charge in [-0.2, -0.15) is 15.5 Å². The number of guanidine groups is 2. The predicted molar refractivity (Wildman–Crippen MR) is 94.1 cm³/mol. The molecule has 1 aromatic rings. The molecule has 1 fully saturated rings. The Balaban J connectivity index is 2.26. The number of nitro groups is 1. The Labute approximate surface area is 149 Å². The van der Waals surface area contributed by atoms with Crippen molar-refractivity contribution in [3.8, 4) is 12.1 Å². The average molecular weight is 352 g/mol. The molecule has 2 aliphatic rings. The summed E-state index contributed by atoms with van der Waals surface area (Å²) in [4.78, 5) is 20.9. The van der Waals surface area contributed by atoms with Crippen LogP contribution in [0.15, 0.2) is 22.1 Å². The van der Waals surface area contributed by atoms with Gasteiger partial charge in [-0.1, -0.05) is 6.42 Å². The molecule has 0 bridgehead atoms. The second-order valence-electron chi connectivity index (χ2n) is 6.19. The molecule has 1 heterocycles. The maximum Gasteiger partial charge on any atom is 0.294 e. The van der Waals surface area contributed by atoms with E-state index < -0.39 is 10.6 Å². The summed E-state index contributed by atoms with van der Waals surface area (Å²) < 4.78 is 0. The molecular formula is C16H16N8O2. The maximum absolute atomic E-state index is 11.6. The molecule has 1 aromatic carbocycles. The summed E-state index contributed by atoms with van der Waals surface area (Å²) in [5.74, 6) is 0.00792. The molecule has 1 aliphatic carbocycles. The monoisotopic (exact) mass is 352 g/mol. The third-order valence-electron chi connectivity index (χ3n) is 4.64. The largest absolute Gasteiger partial charge is 0.369 e. The Morgan fingerprint density at radius 2 is 1.77 bits per heavy atom. The summed E-state index contributed by atoms with van der Waals surface area (Å²) in [6.07, 6.45) is 3.93. The lowest BCUT2D eigenvalue weighted by molar-refractivity contribution is -0.384. The second-order valence-corrected chi connectivity index (χ2v) is 6.19. The fourth-order valence-corrected chi connectivity index (χ4v) is 3.56. The normalized spacial score (nSPS) is 18.5. The lowest BCUT2D eigenvalue weighted by atomic mass is 9.87. The zero-order valence-electron chi connectivity index (χ0n) is 13.8. The molecule has 0 radical (unpaired) electrons. The molecular weight excluding hydrogens is 336 g/mol. The van der Waals surface area contributed by atoms with Gasteiger partial charge >= 0.3 is 0 Å². The molecule has 1 aliphatic heterocycles. The SMILES string of the molecule is N#Cc1cc(N2C(N)=NC(N)=NC23CCCCC3)c([N+](=O)[O-])cc1C#N. The molecule has 26 heavy (non-hydrogen) atoms. The van der Waals surface area contributed by atoms with Crippen LogP contribution in [0.3, 0.4) is 0 Å². The van der Waals surface area contributed by atoms with Crippen molar-refractivity contribution in [2.45, 2.75) is 37.8 Å². The zero-order chi connectivity index (χ0) is 18.9. The Morgan fingerprint density at radius 1 is 1.15 bits per heavy atom. The van der Waals surface area contributed by atoms with Crippen LogP contribution in [-0.4, -0.2) is 22.5 Å². The number of nitriles is 2. The molecule has 0 aromatic heterocycles. The van der Waals surface area contributed by atoms with Crippen LogP contribution in [0, 0.1) is 32.8 Å². The van der Waals surface area contributed by atoms with Gasteiger partial charge in [0.2, 0.25) is 11.9 Å². The molecule has 1 saturated carbocycles. The Bertz CT molecular complexity index is 915. The Morgan fingerprint density at radius 3 is 2.35 bits per heavy atom. The number of rotatable bonds is 2. The molecule has 10 nitrogen and oxygen atoms in total. The van der Waals surface area contributed by atoms with Crippen molar-refractivity contribution in [1.29, 1.82) is 10.5 Å².